The molecule has 0 aromatic heterocycles. The van der Waals surface area contributed by atoms with E-state index in [-0.39, 0.29) is 106 Å². The van der Waals surface area contributed by atoms with Crippen LogP contribution in [0.3, 0.4) is 0 Å². The first kappa shape index (κ1) is 81.7. The number of halogens is 14. The first-order valence-corrected chi connectivity index (χ1v) is 37.6. The third kappa shape index (κ3) is 18.1. The highest BCUT2D eigenvalue weighted by atomic mass is 35.5. The Morgan fingerprint density at radius 3 is 0.710 bits per heavy atom. The first-order chi connectivity index (χ1) is 50.6. The van der Waals surface area contributed by atoms with Gasteiger partial charge in [-0.25, -0.2) is 0 Å². The third-order valence-corrected chi connectivity index (χ3v) is 23.9. The van der Waals surface area contributed by atoms with Gasteiger partial charge >= 0.3 is 0 Å². The largest absolute Gasteiger partial charge is 0.399 e. The van der Waals surface area contributed by atoms with Crippen LogP contribution in [0.4, 0.5) is 56.9 Å². The summed E-state index contributed by atoms with van der Waals surface area (Å²) in [6, 6.07) is 47.1. The van der Waals surface area contributed by atoms with Crippen molar-refractivity contribution in [2.45, 2.75) is 29.4 Å². The Kier molecular flexibility index (Phi) is 26.6. The summed E-state index contributed by atoms with van der Waals surface area (Å²) in [5, 5.41) is 51.4. The van der Waals surface area contributed by atoms with E-state index in [0.29, 0.717) is 107 Å². The molecule has 0 aliphatic carbocycles. The molecular formula is C72H42Cl14N10O8S3. The SMILES string of the molecule is Nc1ccc(-c2c(Cl)ccc(Sc3ccc(Cl)c(-c4ccc(N)cc4Cl)c3[N+](=O)[O-])c2[N+](=O)[O-])c(Cl)c1.Nc1ccc(-c2c(Sc3ccc(Cl)c(Cl)c3-c3ccc(N)cc3Cl)ccc(Cl)c2Cl)c(Cl)c1.Nc1ccc(-c2c([N+](=O)[O-])ccc(Sc3ccc([N+](=O)[O-])c(-c4ccc(N)cc4Cl)c3Cl)c2Cl)c(Cl)c1. The maximum absolute atomic E-state index is 12.3. The number of rotatable bonds is 16. The topological polar surface area (TPSA) is 329 Å². The van der Waals surface area contributed by atoms with Gasteiger partial charge in [0.25, 0.3) is 22.7 Å². The minimum absolute atomic E-state index is 0.0485. The van der Waals surface area contributed by atoms with Crippen molar-refractivity contribution in [2.75, 3.05) is 34.4 Å². The average molecular weight is 1770 g/mol. The summed E-state index contributed by atoms with van der Waals surface area (Å²) in [4.78, 5) is 48.3. The van der Waals surface area contributed by atoms with Crippen molar-refractivity contribution in [1.29, 1.82) is 0 Å². The van der Waals surface area contributed by atoms with Gasteiger partial charge in [0.05, 0.1) is 122 Å². The molecule has 0 aliphatic rings. The predicted molar refractivity (Wildman–Crippen MR) is 447 cm³/mol. The second kappa shape index (κ2) is 34.8. The van der Waals surface area contributed by atoms with Crippen LogP contribution in [0.5, 0.6) is 0 Å². The van der Waals surface area contributed by atoms with Gasteiger partial charge < -0.3 is 34.4 Å². The van der Waals surface area contributed by atoms with E-state index >= 15 is 0 Å². The summed E-state index contributed by atoms with van der Waals surface area (Å²) in [5.41, 5.74) is 40.4. The highest BCUT2D eigenvalue weighted by molar-refractivity contribution is 8.00. The number of nitrogens with two attached hydrogens (primary N) is 6. The van der Waals surface area contributed by atoms with Crippen LogP contribution in [0.1, 0.15) is 0 Å². The summed E-state index contributed by atoms with van der Waals surface area (Å²) in [6.07, 6.45) is 0. The molecule has 544 valence electrons. The second-order valence-corrected chi connectivity index (χ2v) is 31.2. The number of hydrogen-bond acceptors (Lipinski definition) is 17. The minimum Gasteiger partial charge on any atom is -0.399 e. The molecule has 0 heterocycles. The van der Waals surface area contributed by atoms with Crippen LogP contribution in [0.25, 0.3) is 66.8 Å². The van der Waals surface area contributed by atoms with Gasteiger partial charge in [-0.3, -0.25) is 40.5 Å². The van der Waals surface area contributed by atoms with Crippen molar-refractivity contribution in [3.8, 4) is 66.8 Å². The van der Waals surface area contributed by atoms with E-state index in [4.69, 9.17) is 197 Å². The Labute approximate surface area is 690 Å². The van der Waals surface area contributed by atoms with Gasteiger partial charge in [-0.15, -0.1) is 0 Å². The zero-order chi connectivity index (χ0) is 77.9. The fraction of sp³-hybridized carbons (Fsp3) is 0. The smallest absolute Gasteiger partial charge is 0.292 e. The van der Waals surface area contributed by atoms with Gasteiger partial charge in [0.1, 0.15) is 0 Å². The van der Waals surface area contributed by atoms with Gasteiger partial charge in [-0.2, -0.15) is 0 Å². The molecule has 0 radical (unpaired) electrons. The van der Waals surface area contributed by atoms with Crippen molar-refractivity contribution in [1.82, 2.24) is 0 Å². The molecule has 0 spiro atoms. The molecule has 18 nitrogen and oxygen atoms in total. The lowest BCUT2D eigenvalue weighted by molar-refractivity contribution is -0.387. The van der Waals surface area contributed by atoms with E-state index in [1.165, 1.54) is 109 Å². The fourth-order valence-corrected chi connectivity index (χ4v) is 17.7. The molecule has 107 heavy (non-hydrogen) atoms. The number of hydrogen-bond donors (Lipinski definition) is 6. The van der Waals surface area contributed by atoms with E-state index in [9.17, 15) is 40.5 Å². The molecule has 12 rings (SSSR count). The van der Waals surface area contributed by atoms with Crippen LogP contribution in [0, 0.1) is 40.5 Å². The van der Waals surface area contributed by atoms with Crippen molar-refractivity contribution in [2.24, 2.45) is 0 Å². The van der Waals surface area contributed by atoms with Gasteiger partial charge in [0, 0.05) is 110 Å². The number of nitro groups is 4. The Morgan fingerprint density at radius 2 is 0.449 bits per heavy atom. The maximum Gasteiger partial charge on any atom is 0.292 e. The molecule has 0 atom stereocenters. The van der Waals surface area contributed by atoms with E-state index in [2.05, 4.69) is 0 Å². The van der Waals surface area contributed by atoms with E-state index < -0.39 is 19.7 Å². The quantitative estimate of drug-likeness (QED) is 0.0297. The van der Waals surface area contributed by atoms with Crippen LogP contribution in [-0.2, 0) is 0 Å². The van der Waals surface area contributed by atoms with Crippen LogP contribution >= 0.6 is 198 Å². The Hall–Kier alpha value is -7.85. The molecule has 0 unspecified atom stereocenters. The fourth-order valence-electron chi connectivity index (χ4n) is 10.7. The number of benzene rings is 12. The molecular weight excluding hydrogens is 1730 g/mol. The van der Waals surface area contributed by atoms with Crippen molar-refractivity contribution in [3.63, 3.8) is 0 Å². The number of nitrogen functional groups attached to an aromatic ring is 6. The lowest BCUT2D eigenvalue weighted by Gasteiger charge is -2.18. The summed E-state index contributed by atoms with van der Waals surface area (Å²) >= 11 is 93.8. The zero-order valence-electron chi connectivity index (χ0n) is 53.4. The molecule has 12 aromatic rings. The average Bonchev–Trinajstić information content (AvgIpc) is 0.772. The predicted octanol–water partition coefficient (Wildman–Crippen LogP) is 27.8. The highest BCUT2D eigenvalue weighted by Gasteiger charge is 2.33. The first-order valence-electron chi connectivity index (χ1n) is 29.8. The Balaban J connectivity index is 0.000000172. The standard InChI is InChI=1S/C24H14Cl6N2S.2C24H14Cl4N4O4S/c25-15-5-7-19(21(23(15)29)13-3-1-11(31)9-17(13)27)33-20-8-6-16(26)24(30)22(20)14-4-2-12(32)10-18(14)28;25-15-9-11(29)1-3-13(15)21-17(31(33)34)5-7-19(23(21)27)37-20-8-6-18(32(35)36)22(24(20)28)14-4-2-12(30)10-16(14)26;25-15-5-7-19(23(31(33)34)21(15)13-3-1-11(29)9-17(13)27)37-20-8-6-16(26)22(24(20)32(35)36)14-4-2-12(30)10-18(14)28/h1-10H,31-32H2;2*1-10H,29-30H2. The molecule has 0 aliphatic heterocycles. The lowest BCUT2D eigenvalue weighted by atomic mass is 10.0. The minimum atomic E-state index is -0.615. The van der Waals surface area contributed by atoms with E-state index in [1.807, 2.05) is 24.3 Å². The monoisotopic (exact) mass is 1760 g/mol. The van der Waals surface area contributed by atoms with Gasteiger partial charge in [0.15, 0.2) is 0 Å². The van der Waals surface area contributed by atoms with Crippen molar-refractivity contribution in [3.05, 3.63) is 293 Å². The molecule has 12 aromatic carbocycles. The van der Waals surface area contributed by atoms with Crippen molar-refractivity contribution >= 4 is 255 Å². The molecule has 0 amide bonds. The second-order valence-electron chi connectivity index (χ2n) is 22.3. The van der Waals surface area contributed by atoms with Crippen LogP contribution < -0.4 is 34.4 Å². The normalized spacial score (nSPS) is 11.0. The summed E-state index contributed by atoms with van der Waals surface area (Å²) in [7, 11) is 0. The van der Waals surface area contributed by atoms with Crippen LogP contribution in [-0.4, -0.2) is 19.7 Å². The highest BCUT2D eigenvalue weighted by Crippen LogP contribution is 2.55. The van der Waals surface area contributed by atoms with Crippen molar-refractivity contribution < 1.29 is 19.7 Å². The lowest BCUT2D eigenvalue weighted by Crippen LogP contribution is -1.99. The molecule has 35 heteroatoms. The molecule has 0 saturated heterocycles. The zero-order valence-corrected chi connectivity index (χ0v) is 66.4. The van der Waals surface area contributed by atoms with Gasteiger partial charge in [0.2, 0.25) is 0 Å². The van der Waals surface area contributed by atoms with E-state index in [1.54, 1.807) is 60.7 Å². The van der Waals surface area contributed by atoms with Crippen LogP contribution in [0.2, 0.25) is 70.3 Å². The number of nitro benzene ring substituents is 4. The number of nitrogens with zero attached hydrogens (tertiary/aromatic N) is 4. The summed E-state index contributed by atoms with van der Waals surface area (Å²) in [5.74, 6) is 0. The van der Waals surface area contributed by atoms with Gasteiger partial charge in [-0.05, 0) is 133 Å². The molecule has 0 fully saturated rings. The maximum atomic E-state index is 12.3. The Morgan fingerprint density at radius 1 is 0.224 bits per heavy atom. The summed E-state index contributed by atoms with van der Waals surface area (Å²) < 4.78 is 0. The van der Waals surface area contributed by atoms with Gasteiger partial charge in [-0.1, -0.05) is 234 Å². The Bertz CT molecular complexity index is 5340. The number of anilines is 6. The van der Waals surface area contributed by atoms with E-state index in [0.717, 1.165) is 33.3 Å². The van der Waals surface area contributed by atoms with Crippen LogP contribution in [0.15, 0.2) is 211 Å². The molecule has 12 N–H and O–H groups in total. The molecule has 0 saturated carbocycles. The third-order valence-electron chi connectivity index (χ3n) is 15.5. The summed E-state index contributed by atoms with van der Waals surface area (Å²) in [6.45, 7) is 0. The molecule has 0 bridgehead atoms.